The Labute approximate surface area is 180 Å². The molecule has 0 amide bonds. The summed E-state index contributed by atoms with van der Waals surface area (Å²) in [7, 11) is 3.01. The number of carbonyl (C=O) groups excluding carboxylic acids is 1. The number of hydrogen-bond acceptors (Lipinski definition) is 8. The molecule has 168 valence electrons. The highest BCUT2D eigenvalue weighted by molar-refractivity contribution is 5.88. The molecule has 1 fully saturated rings. The van der Waals surface area contributed by atoms with Crippen LogP contribution in [0, 0.1) is 0 Å². The summed E-state index contributed by atoms with van der Waals surface area (Å²) in [6, 6.07) is 11.1. The molecule has 8 heteroatoms. The number of rotatable bonds is 8. The molecule has 8 nitrogen and oxygen atoms in total. The van der Waals surface area contributed by atoms with Gasteiger partial charge < -0.3 is 34.3 Å². The Hall–Kier alpha value is -2.65. The van der Waals surface area contributed by atoms with Gasteiger partial charge in [-0.1, -0.05) is 12.1 Å². The third kappa shape index (κ3) is 4.83. The lowest BCUT2D eigenvalue weighted by Crippen LogP contribution is -2.52. The van der Waals surface area contributed by atoms with E-state index < -0.39 is 36.8 Å². The van der Waals surface area contributed by atoms with Crippen molar-refractivity contribution < 1.29 is 39.1 Å². The highest BCUT2D eigenvalue weighted by Gasteiger charge is 2.44. The van der Waals surface area contributed by atoms with Crippen molar-refractivity contribution in [3.8, 4) is 17.2 Å². The van der Waals surface area contributed by atoms with Crippen molar-refractivity contribution in [3.63, 3.8) is 0 Å². The molecular weight excluding hydrogens is 404 g/mol. The zero-order valence-corrected chi connectivity index (χ0v) is 17.8. The topological polar surface area (TPSA) is 115 Å². The first-order valence-electron chi connectivity index (χ1n) is 10.1. The molecule has 0 bridgehead atoms. The number of aliphatic hydroxyl groups excluding tert-OH is 3. The van der Waals surface area contributed by atoms with Gasteiger partial charge in [-0.15, -0.1) is 0 Å². The molecule has 31 heavy (non-hydrogen) atoms. The summed E-state index contributed by atoms with van der Waals surface area (Å²) in [5.74, 6) is 0.971. The Morgan fingerprint density at radius 3 is 2.29 bits per heavy atom. The van der Waals surface area contributed by atoms with E-state index in [9.17, 15) is 20.1 Å². The first-order valence-corrected chi connectivity index (χ1v) is 10.1. The number of aliphatic hydroxyl groups is 3. The van der Waals surface area contributed by atoms with Crippen LogP contribution in [-0.4, -0.2) is 66.8 Å². The zero-order chi connectivity index (χ0) is 22.5. The third-order valence-electron chi connectivity index (χ3n) is 5.29. The van der Waals surface area contributed by atoms with Crippen molar-refractivity contribution >= 4 is 5.78 Å². The number of ether oxygens (including phenoxy) is 4. The predicted octanol–water partition coefficient (Wildman–Crippen LogP) is 1.42. The number of carbonyl (C=O) groups is 1. The van der Waals surface area contributed by atoms with E-state index in [-0.39, 0.29) is 0 Å². The number of methoxy groups -OCH3 is 2. The fourth-order valence-corrected chi connectivity index (χ4v) is 3.68. The largest absolute Gasteiger partial charge is 0.496 e. The first-order chi connectivity index (χ1) is 14.9. The molecule has 1 aliphatic heterocycles. The van der Waals surface area contributed by atoms with E-state index in [1.165, 1.54) is 7.11 Å². The Morgan fingerprint density at radius 1 is 1.03 bits per heavy atom. The highest BCUT2D eigenvalue weighted by atomic mass is 16.5. The van der Waals surface area contributed by atoms with Gasteiger partial charge in [0.15, 0.2) is 5.78 Å². The van der Waals surface area contributed by atoms with E-state index in [4.69, 9.17) is 18.9 Å². The normalized spacial score (nSPS) is 23.5. The van der Waals surface area contributed by atoms with Crippen LogP contribution < -0.4 is 14.2 Å². The zero-order valence-electron chi connectivity index (χ0n) is 17.8. The summed E-state index contributed by atoms with van der Waals surface area (Å²) >= 11 is 0. The van der Waals surface area contributed by atoms with Gasteiger partial charge in [0.25, 0.3) is 0 Å². The number of benzene rings is 2. The summed E-state index contributed by atoms with van der Waals surface area (Å²) in [6.07, 6.45) is -4.96. The molecule has 0 spiro atoms. The molecule has 0 aromatic heterocycles. The minimum Gasteiger partial charge on any atom is -0.496 e. The van der Waals surface area contributed by atoms with Gasteiger partial charge in [-0.2, -0.15) is 0 Å². The molecule has 1 aliphatic rings. The summed E-state index contributed by atoms with van der Waals surface area (Å²) < 4.78 is 22.1. The average Bonchev–Trinajstić information content (AvgIpc) is 2.79. The molecule has 3 N–H and O–H groups in total. The van der Waals surface area contributed by atoms with Crippen molar-refractivity contribution in [2.75, 3.05) is 27.4 Å². The molecule has 1 heterocycles. The van der Waals surface area contributed by atoms with E-state index in [0.29, 0.717) is 30.1 Å². The van der Waals surface area contributed by atoms with Gasteiger partial charge in [0.2, 0.25) is 0 Å². The molecule has 4 atom stereocenters. The third-order valence-corrected chi connectivity index (χ3v) is 5.29. The maximum atomic E-state index is 12.0. The van der Waals surface area contributed by atoms with Gasteiger partial charge in [-0.3, -0.25) is 4.79 Å². The van der Waals surface area contributed by atoms with Gasteiger partial charge in [0, 0.05) is 18.1 Å². The summed E-state index contributed by atoms with van der Waals surface area (Å²) in [5.41, 5.74) is 2.25. The minimum absolute atomic E-state index is 0.370. The van der Waals surface area contributed by atoms with Crippen molar-refractivity contribution in [2.45, 2.75) is 37.8 Å². The molecular formula is C23H28O8. The predicted molar refractivity (Wildman–Crippen MR) is 112 cm³/mol. The van der Waals surface area contributed by atoms with Crippen LogP contribution in [0.25, 0.3) is 0 Å². The average molecular weight is 432 g/mol. The van der Waals surface area contributed by atoms with Crippen LogP contribution in [0.15, 0.2) is 36.4 Å². The van der Waals surface area contributed by atoms with Crippen LogP contribution in [0.5, 0.6) is 17.2 Å². The van der Waals surface area contributed by atoms with Crippen molar-refractivity contribution in [2.24, 2.45) is 0 Å². The Balaban J connectivity index is 1.98. The van der Waals surface area contributed by atoms with Gasteiger partial charge >= 0.3 is 0 Å². The summed E-state index contributed by atoms with van der Waals surface area (Å²) in [6.45, 7) is 1.91. The van der Waals surface area contributed by atoms with Crippen LogP contribution in [0.2, 0.25) is 0 Å². The lowest BCUT2D eigenvalue weighted by atomic mass is 9.90. The van der Waals surface area contributed by atoms with E-state index in [0.717, 1.165) is 16.9 Å². The maximum Gasteiger partial charge on any atom is 0.195 e. The molecule has 0 aliphatic carbocycles. The van der Waals surface area contributed by atoms with Gasteiger partial charge in [-0.05, 0) is 36.2 Å². The van der Waals surface area contributed by atoms with Gasteiger partial charge in [-0.25, -0.2) is 0 Å². The number of hydrogen-bond donors (Lipinski definition) is 3. The van der Waals surface area contributed by atoms with E-state index in [2.05, 4.69) is 0 Å². The SMILES string of the molecule is CCOc1ccc(Cc2cc([C@@H]3O[C@H](CO)C(=O)[C@H](O)C3O)c(OC)cc2OC)cc1. The maximum absolute atomic E-state index is 12.0. The Kier molecular flexibility index (Phi) is 7.50. The molecule has 2 aromatic carbocycles. The molecule has 1 saturated heterocycles. The molecule has 0 radical (unpaired) electrons. The first kappa shape index (κ1) is 23.0. The highest BCUT2D eigenvalue weighted by Crippen LogP contribution is 2.40. The molecule has 2 aromatic rings. The molecule has 1 unspecified atom stereocenters. The van der Waals surface area contributed by atoms with Crippen molar-refractivity contribution in [3.05, 3.63) is 53.1 Å². The minimum atomic E-state index is -1.67. The van der Waals surface area contributed by atoms with Crippen LogP contribution in [0.1, 0.15) is 29.7 Å². The fourth-order valence-electron chi connectivity index (χ4n) is 3.68. The fraction of sp³-hybridized carbons (Fsp3) is 0.435. The molecule has 3 rings (SSSR count). The Morgan fingerprint density at radius 2 is 1.71 bits per heavy atom. The number of Topliss-reactive ketones (excluding diaryl/α,β-unsaturated/α-hetero) is 1. The van der Waals surface area contributed by atoms with Crippen LogP contribution in [0.3, 0.4) is 0 Å². The summed E-state index contributed by atoms with van der Waals surface area (Å²) in [4.78, 5) is 12.0. The van der Waals surface area contributed by atoms with Crippen molar-refractivity contribution in [1.29, 1.82) is 0 Å². The second-order valence-electron chi connectivity index (χ2n) is 7.23. The Bertz CT molecular complexity index is 891. The van der Waals surface area contributed by atoms with Gasteiger partial charge in [0.05, 0.1) is 27.4 Å². The standard InChI is InChI=1S/C23H28O8/c1-4-30-15-7-5-13(6-8-15)9-14-10-16(18(29-3)11-17(14)28-2)23-22(27)21(26)20(25)19(12-24)31-23/h5-8,10-11,19,21-24,26-27H,4,9,12H2,1-3H3/t19-,21+,22?,23+/m1/s1. The van der Waals surface area contributed by atoms with Gasteiger partial charge in [0.1, 0.15) is 41.7 Å². The van der Waals surface area contributed by atoms with Crippen LogP contribution >= 0.6 is 0 Å². The van der Waals surface area contributed by atoms with E-state index >= 15 is 0 Å². The van der Waals surface area contributed by atoms with Crippen molar-refractivity contribution in [1.82, 2.24) is 0 Å². The summed E-state index contributed by atoms with van der Waals surface area (Å²) in [5, 5.41) is 30.1. The number of ketones is 1. The van der Waals surface area contributed by atoms with E-state index in [1.54, 1.807) is 19.2 Å². The monoisotopic (exact) mass is 432 g/mol. The lowest BCUT2D eigenvalue weighted by Gasteiger charge is -2.36. The van der Waals surface area contributed by atoms with Crippen LogP contribution in [-0.2, 0) is 16.0 Å². The molecule has 0 saturated carbocycles. The second-order valence-corrected chi connectivity index (χ2v) is 7.23. The quantitative estimate of drug-likeness (QED) is 0.574. The second kappa shape index (κ2) is 10.1. The van der Waals surface area contributed by atoms with E-state index in [1.807, 2.05) is 31.2 Å². The smallest absolute Gasteiger partial charge is 0.195 e. The van der Waals surface area contributed by atoms with Crippen LogP contribution in [0.4, 0.5) is 0 Å². The lowest BCUT2D eigenvalue weighted by molar-refractivity contribution is -0.188.